The van der Waals surface area contributed by atoms with Gasteiger partial charge >= 0.3 is 0 Å². The Balaban J connectivity index is 1.89. The predicted octanol–water partition coefficient (Wildman–Crippen LogP) is 4.51. The second-order valence-corrected chi connectivity index (χ2v) is 7.91. The Morgan fingerprint density at radius 1 is 0.710 bits per heavy atom. The first-order chi connectivity index (χ1) is 15.1. The normalized spacial score (nSPS) is 18.5. The first kappa shape index (κ1) is 21.4. The fourth-order valence-electron chi connectivity index (χ4n) is 4.83. The van der Waals surface area contributed by atoms with E-state index in [1.54, 1.807) is 35.5 Å². The Labute approximate surface area is 184 Å². The molecule has 31 heavy (non-hydrogen) atoms. The average Bonchev–Trinajstić information content (AvgIpc) is 3.29. The summed E-state index contributed by atoms with van der Waals surface area (Å²) in [5.41, 5.74) is 4.86. The summed E-state index contributed by atoms with van der Waals surface area (Å²) in [6.45, 7) is 2.05. The molecular weight excluding hydrogens is 394 g/mol. The summed E-state index contributed by atoms with van der Waals surface area (Å²) in [6, 6.07) is 10.8. The predicted molar refractivity (Wildman–Crippen MR) is 122 cm³/mol. The van der Waals surface area contributed by atoms with Gasteiger partial charge in [-0.15, -0.1) is 0 Å². The molecule has 0 radical (unpaired) electrons. The van der Waals surface area contributed by atoms with E-state index in [2.05, 4.69) is 29.2 Å². The minimum atomic E-state index is 0.568. The summed E-state index contributed by atoms with van der Waals surface area (Å²) in [5.74, 6) is 3.42. The third-order valence-corrected chi connectivity index (χ3v) is 6.41. The molecule has 2 aromatic rings. The van der Waals surface area contributed by atoms with Crippen LogP contribution in [0.15, 0.2) is 30.3 Å². The molecule has 166 valence electrons. The number of methoxy groups -OCH3 is 5. The van der Waals surface area contributed by atoms with Crippen LogP contribution in [0.4, 0.5) is 0 Å². The zero-order chi connectivity index (χ0) is 22.0. The average molecular weight is 426 g/mol. The maximum absolute atomic E-state index is 5.63. The van der Waals surface area contributed by atoms with E-state index in [0.717, 1.165) is 42.1 Å². The number of rotatable bonds is 7. The topological polar surface area (TPSA) is 49.4 Å². The van der Waals surface area contributed by atoms with Crippen LogP contribution in [0, 0.1) is 0 Å². The second kappa shape index (κ2) is 9.10. The molecular formula is C25H31NO5. The molecule has 1 saturated heterocycles. The Bertz CT molecular complexity index is 959. The van der Waals surface area contributed by atoms with Crippen molar-refractivity contribution in [2.45, 2.75) is 25.3 Å². The molecule has 2 aliphatic rings. The van der Waals surface area contributed by atoms with Crippen LogP contribution < -0.4 is 23.7 Å². The number of benzene rings is 2. The van der Waals surface area contributed by atoms with Gasteiger partial charge in [-0.25, -0.2) is 0 Å². The number of nitrogens with zero attached hydrogens (tertiary/aromatic N) is 1. The molecule has 6 nitrogen and oxygen atoms in total. The highest BCUT2D eigenvalue weighted by atomic mass is 16.5. The summed E-state index contributed by atoms with van der Waals surface area (Å²) < 4.78 is 27.8. The number of hydrogen-bond acceptors (Lipinski definition) is 6. The Kier molecular flexibility index (Phi) is 6.28. The van der Waals surface area contributed by atoms with Crippen molar-refractivity contribution in [3.05, 3.63) is 41.5 Å². The van der Waals surface area contributed by atoms with Crippen LogP contribution in [0.25, 0.3) is 11.1 Å². The lowest BCUT2D eigenvalue weighted by Gasteiger charge is -2.34. The van der Waals surface area contributed by atoms with E-state index in [9.17, 15) is 0 Å². The largest absolute Gasteiger partial charge is 0.493 e. The molecule has 0 bridgehead atoms. The zero-order valence-corrected chi connectivity index (χ0v) is 19.0. The highest BCUT2D eigenvalue weighted by molar-refractivity contribution is 5.94. The smallest absolute Gasteiger partial charge is 0.203 e. The number of ether oxygens (including phenoxy) is 5. The summed E-state index contributed by atoms with van der Waals surface area (Å²) in [6.07, 6.45) is 3.46. The van der Waals surface area contributed by atoms with E-state index >= 15 is 0 Å². The summed E-state index contributed by atoms with van der Waals surface area (Å²) in [5, 5.41) is 0. The van der Waals surface area contributed by atoms with E-state index in [1.807, 2.05) is 6.07 Å². The second-order valence-electron chi connectivity index (χ2n) is 7.91. The molecule has 2 heterocycles. The van der Waals surface area contributed by atoms with E-state index in [4.69, 9.17) is 23.7 Å². The van der Waals surface area contributed by atoms with Gasteiger partial charge in [0.05, 0.1) is 35.5 Å². The van der Waals surface area contributed by atoms with E-state index < -0.39 is 0 Å². The summed E-state index contributed by atoms with van der Waals surface area (Å²) in [7, 11) is 8.28. The van der Waals surface area contributed by atoms with Crippen LogP contribution in [-0.2, 0) is 0 Å². The first-order valence-corrected chi connectivity index (χ1v) is 10.6. The van der Waals surface area contributed by atoms with Gasteiger partial charge in [-0.3, -0.25) is 4.90 Å². The Hall–Kier alpha value is -2.86. The van der Waals surface area contributed by atoms with Crippen LogP contribution in [-0.4, -0.2) is 59.6 Å². The molecule has 0 N–H and O–H groups in total. The van der Waals surface area contributed by atoms with Gasteiger partial charge in [-0.1, -0.05) is 6.07 Å². The standard InChI is InChI=1S/C25H31NO5/c1-27-21-9-8-16(11-22(21)28-2)20-15-26-10-6-7-18(26)14-19(20)17-12-23(29-3)25(31-5)24(13-17)30-4/h8-9,11-13,18H,6-7,10,14-15H2,1-5H3. The fraction of sp³-hybridized carbons (Fsp3) is 0.440. The SMILES string of the molecule is COc1ccc(C2=C(c3cc(OC)c(OC)c(OC)c3)CC3CCCN3C2)cc1OC. The van der Waals surface area contributed by atoms with Crippen LogP contribution in [0.1, 0.15) is 30.4 Å². The number of hydrogen-bond donors (Lipinski definition) is 0. The van der Waals surface area contributed by atoms with Crippen molar-refractivity contribution in [2.75, 3.05) is 48.6 Å². The zero-order valence-electron chi connectivity index (χ0n) is 19.0. The molecule has 6 heteroatoms. The molecule has 1 fully saturated rings. The maximum Gasteiger partial charge on any atom is 0.203 e. The van der Waals surface area contributed by atoms with Crippen LogP contribution >= 0.6 is 0 Å². The van der Waals surface area contributed by atoms with Crippen molar-refractivity contribution in [3.8, 4) is 28.7 Å². The van der Waals surface area contributed by atoms with Crippen molar-refractivity contribution < 1.29 is 23.7 Å². The Morgan fingerprint density at radius 2 is 1.35 bits per heavy atom. The van der Waals surface area contributed by atoms with E-state index in [1.165, 1.54) is 24.0 Å². The molecule has 1 atom stereocenters. The monoisotopic (exact) mass is 425 g/mol. The molecule has 2 aromatic carbocycles. The van der Waals surface area contributed by atoms with Crippen LogP contribution in [0.2, 0.25) is 0 Å². The van der Waals surface area contributed by atoms with Gasteiger partial charge in [-0.2, -0.15) is 0 Å². The van der Waals surface area contributed by atoms with Gasteiger partial charge in [0.15, 0.2) is 23.0 Å². The van der Waals surface area contributed by atoms with Gasteiger partial charge in [-0.05, 0) is 72.3 Å². The number of fused-ring (bicyclic) bond motifs is 1. The third-order valence-electron chi connectivity index (χ3n) is 6.41. The van der Waals surface area contributed by atoms with Gasteiger partial charge in [0, 0.05) is 12.6 Å². The van der Waals surface area contributed by atoms with Crippen molar-refractivity contribution in [3.63, 3.8) is 0 Å². The maximum atomic E-state index is 5.63. The third kappa shape index (κ3) is 3.92. The van der Waals surface area contributed by atoms with Gasteiger partial charge in [0.1, 0.15) is 0 Å². The molecule has 4 rings (SSSR count). The minimum Gasteiger partial charge on any atom is -0.493 e. The van der Waals surface area contributed by atoms with Gasteiger partial charge in [0.25, 0.3) is 0 Å². The van der Waals surface area contributed by atoms with Crippen LogP contribution in [0.5, 0.6) is 28.7 Å². The lowest BCUT2D eigenvalue weighted by atomic mass is 9.86. The lowest BCUT2D eigenvalue weighted by molar-refractivity contribution is 0.280. The minimum absolute atomic E-state index is 0.568. The highest BCUT2D eigenvalue weighted by Crippen LogP contribution is 2.46. The van der Waals surface area contributed by atoms with E-state index in [-0.39, 0.29) is 0 Å². The molecule has 0 aromatic heterocycles. The summed E-state index contributed by atoms with van der Waals surface area (Å²) in [4.78, 5) is 2.59. The van der Waals surface area contributed by atoms with Crippen molar-refractivity contribution >= 4 is 11.1 Å². The highest BCUT2D eigenvalue weighted by Gasteiger charge is 2.33. The van der Waals surface area contributed by atoms with E-state index in [0.29, 0.717) is 23.3 Å². The van der Waals surface area contributed by atoms with Crippen molar-refractivity contribution in [1.82, 2.24) is 4.90 Å². The molecule has 2 aliphatic heterocycles. The summed E-state index contributed by atoms with van der Waals surface area (Å²) >= 11 is 0. The molecule has 0 spiro atoms. The van der Waals surface area contributed by atoms with Gasteiger partial charge < -0.3 is 23.7 Å². The fourth-order valence-corrected chi connectivity index (χ4v) is 4.83. The lowest BCUT2D eigenvalue weighted by Crippen LogP contribution is -2.35. The molecule has 0 aliphatic carbocycles. The molecule has 0 saturated carbocycles. The quantitative estimate of drug-likeness (QED) is 0.651. The molecule has 0 amide bonds. The Morgan fingerprint density at radius 3 is 1.97 bits per heavy atom. The first-order valence-electron chi connectivity index (χ1n) is 10.6. The van der Waals surface area contributed by atoms with Crippen molar-refractivity contribution in [1.29, 1.82) is 0 Å². The van der Waals surface area contributed by atoms with Crippen LogP contribution in [0.3, 0.4) is 0 Å². The van der Waals surface area contributed by atoms with Crippen molar-refractivity contribution in [2.24, 2.45) is 0 Å². The van der Waals surface area contributed by atoms with Gasteiger partial charge in [0.2, 0.25) is 5.75 Å². The molecule has 1 unspecified atom stereocenters.